The molecule has 1 heterocycles. The normalized spacial score (nSPS) is 33.0. The van der Waals surface area contributed by atoms with Crippen molar-refractivity contribution < 1.29 is 28.6 Å². The van der Waals surface area contributed by atoms with Gasteiger partial charge in [0.25, 0.3) is 0 Å². The smallest absolute Gasteiger partial charge is 0.309 e. The molecule has 0 amide bonds. The minimum Gasteiger partial charge on any atom is -0.458 e. The molecule has 25 heavy (non-hydrogen) atoms. The van der Waals surface area contributed by atoms with Crippen LogP contribution in [0.2, 0.25) is 0 Å². The van der Waals surface area contributed by atoms with Crippen molar-refractivity contribution in [3.05, 3.63) is 23.8 Å². The Morgan fingerprint density at radius 3 is 2.40 bits per heavy atom. The standard InChI is InChI=1S/C19H26O6/c1-10-6-7-16(23-13(4)20)12(3)17(24-14(5)21)9-15-11(2)19(22)25-18(15)8-10/h8,11,15-18H,3,6-7,9H2,1-2,4-5H3/t11-,15-,16?,17?,18+/m0/s1. The van der Waals surface area contributed by atoms with Crippen molar-refractivity contribution in [2.75, 3.05) is 0 Å². The molecule has 0 saturated carbocycles. The molecule has 1 fully saturated rings. The monoisotopic (exact) mass is 350 g/mol. The van der Waals surface area contributed by atoms with Crippen LogP contribution in [0.5, 0.6) is 0 Å². The number of carbonyl (C=O) groups is 3. The summed E-state index contributed by atoms with van der Waals surface area (Å²) in [5, 5.41) is 0. The van der Waals surface area contributed by atoms with Crippen molar-refractivity contribution >= 4 is 17.9 Å². The van der Waals surface area contributed by atoms with Crippen LogP contribution in [0.4, 0.5) is 0 Å². The van der Waals surface area contributed by atoms with Gasteiger partial charge in [-0.3, -0.25) is 14.4 Å². The summed E-state index contributed by atoms with van der Waals surface area (Å²) in [5.41, 5.74) is 1.61. The van der Waals surface area contributed by atoms with Gasteiger partial charge in [-0.05, 0) is 32.3 Å². The van der Waals surface area contributed by atoms with Gasteiger partial charge in [0.1, 0.15) is 18.3 Å². The maximum Gasteiger partial charge on any atom is 0.309 e. The molecule has 0 spiro atoms. The van der Waals surface area contributed by atoms with Crippen LogP contribution in [0.15, 0.2) is 23.8 Å². The highest BCUT2D eigenvalue weighted by Gasteiger charge is 2.43. The lowest BCUT2D eigenvalue weighted by molar-refractivity contribution is -0.149. The van der Waals surface area contributed by atoms with Gasteiger partial charge in [-0.1, -0.05) is 19.1 Å². The van der Waals surface area contributed by atoms with E-state index in [-0.39, 0.29) is 23.9 Å². The van der Waals surface area contributed by atoms with Crippen molar-refractivity contribution in [3.63, 3.8) is 0 Å². The van der Waals surface area contributed by atoms with Gasteiger partial charge < -0.3 is 14.2 Å². The van der Waals surface area contributed by atoms with E-state index in [1.165, 1.54) is 13.8 Å². The molecule has 1 aliphatic heterocycles. The highest BCUT2D eigenvalue weighted by Crippen LogP contribution is 2.37. The minimum absolute atomic E-state index is 0.125. The second-order valence-electron chi connectivity index (χ2n) is 6.91. The molecule has 2 rings (SSSR count). The lowest BCUT2D eigenvalue weighted by atomic mass is 9.82. The van der Waals surface area contributed by atoms with Crippen molar-refractivity contribution in [1.82, 2.24) is 0 Å². The van der Waals surface area contributed by atoms with Crippen LogP contribution in [0.1, 0.15) is 47.0 Å². The van der Waals surface area contributed by atoms with Crippen LogP contribution < -0.4 is 0 Å². The molecule has 0 aromatic rings. The Labute approximate surface area is 148 Å². The third-order valence-electron chi connectivity index (χ3n) is 4.87. The fourth-order valence-electron chi connectivity index (χ4n) is 3.46. The number of allylic oxidation sites excluding steroid dienone is 1. The number of fused-ring (bicyclic) bond motifs is 1. The third kappa shape index (κ3) is 4.71. The van der Waals surface area contributed by atoms with E-state index < -0.39 is 24.1 Å². The molecule has 0 bridgehead atoms. The van der Waals surface area contributed by atoms with E-state index in [1.807, 2.05) is 19.9 Å². The highest BCUT2D eigenvalue weighted by molar-refractivity contribution is 5.75. The first kappa shape index (κ1) is 19.2. The largest absolute Gasteiger partial charge is 0.458 e. The molecule has 1 saturated heterocycles. The second kappa shape index (κ2) is 7.85. The Bertz CT molecular complexity index is 605. The topological polar surface area (TPSA) is 78.9 Å². The minimum atomic E-state index is -0.627. The van der Waals surface area contributed by atoms with Crippen LogP contribution in [-0.4, -0.2) is 36.2 Å². The molecule has 2 unspecified atom stereocenters. The molecule has 2 aliphatic rings. The summed E-state index contributed by atoms with van der Waals surface area (Å²) in [7, 11) is 0. The van der Waals surface area contributed by atoms with Crippen molar-refractivity contribution in [2.24, 2.45) is 11.8 Å². The number of rotatable bonds is 2. The van der Waals surface area contributed by atoms with E-state index in [0.717, 1.165) is 5.57 Å². The zero-order chi connectivity index (χ0) is 18.7. The Morgan fingerprint density at radius 2 is 1.80 bits per heavy atom. The molecule has 0 aromatic heterocycles. The summed E-state index contributed by atoms with van der Waals surface area (Å²) in [4.78, 5) is 35.0. The third-order valence-corrected chi connectivity index (χ3v) is 4.87. The first-order chi connectivity index (χ1) is 11.7. The lowest BCUT2D eigenvalue weighted by Gasteiger charge is -2.30. The van der Waals surface area contributed by atoms with Crippen molar-refractivity contribution in [1.29, 1.82) is 0 Å². The van der Waals surface area contributed by atoms with E-state index in [9.17, 15) is 14.4 Å². The Kier molecular flexibility index (Phi) is 6.03. The Balaban J connectivity index is 2.36. The van der Waals surface area contributed by atoms with Gasteiger partial charge >= 0.3 is 17.9 Å². The number of esters is 3. The predicted octanol–water partition coefficient (Wildman–Crippen LogP) is 2.71. The van der Waals surface area contributed by atoms with E-state index in [0.29, 0.717) is 24.8 Å². The van der Waals surface area contributed by atoms with Gasteiger partial charge in [-0.15, -0.1) is 0 Å². The van der Waals surface area contributed by atoms with Crippen LogP contribution >= 0.6 is 0 Å². The average Bonchev–Trinajstić information content (AvgIpc) is 2.76. The summed E-state index contributed by atoms with van der Waals surface area (Å²) in [5.74, 6) is -1.52. The summed E-state index contributed by atoms with van der Waals surface area (Å²) in [6.07, 6.45) is 2.07. The molecule has 6 heteroatoms. The first-order valence-corrected chi connectivity index (χ1v) is 8.60. The summed E-state index contributed by atoms with van der Waals surface area (Å²) < 4.78 is 16.3. The number of ether oxygens (including phenoxy) is 3. The maximum absolute atomic E-state index is 12.0. The second-order valence-corrected chi connectivity index (χ2v) is 6.91. The van der Waals surface area contributed by atoms with Gasteiger partial charge in [0.15, 0.2) is 0 Å². The van der Waals surface area contributed by atoms with Gasteiger partial charge in [-0.25, -0.2) is 0 Å². The molecule has 0 radical (unpaired) electrons. The zero-order valence-electron chi connectivity index (χ0n) is 15.2. The van der Waals surface area contributed by atoms with Crippen LogP contribution in [0, 0.1) is 11.8 Å². The Morgan fingerprint density at radius 1 is 1.20 bits per heavy atom. The summed E-state index contributed by atoms with van der Waals surface area (Å²) in [6, 6.07) is 0. The lowest BCUT2D eigenvalue weighted by Crippen LogP contribution is -2.34. The number of hydrogen-bond donors (Lipinski definition) is 0. The van der Waals surface area contributed by atoms with Crippen molar-refractivity contribution in [3.8, 4) is 0 Å². The van der Waals surface area contributed by atoms with E-state index in [1.54, 1.807) is 0 Å². The number of hydrogen-bond acceptors (Lipinski definition) is 6. The van der Waals surface area contributed by atoms with Gasteiger partial charge in [0, 0.05) is 25.3 Å². The zero-order valence-corrected chi connectivity index (χ0v) is 15.2. The molecule has 0 N–H and O–H groups in total. The summed E-state index contributed by atoms with van der Waals surface area (Å²) in [6.45, 7) is 10.5. The van der Waals surface area contributed by atoms with Gasteiger partial charge in [0.05, 0.1) is 5.92 Å². The predicted molar refractivity (Wildman–Crippen MR) is 90.4 cm³/mol. The molecule has 6 nitrogen and oxygen atoms in total. The first-order valence-electron chi connectivity index (χ1n) is 8.60. The van der Waals surface area contributed by atoms with Gasteiger partial charge in [0.2, 0.25) is 0 Å². The van der Waals surface area contributed by atoms with Gasteiger partial charge in [-0.2, -0.15) is 0 Å². The molecule has 138 valence electrons. The average molecular weight is 350 g/mol. The number of carbonyl (C=O) groups excluding carboxylic acids is 3. The van der Waals surface area contributed by atoms with E-state index in [2.05, 4.69) is 6.58 Å². The highest BCUT2D eigenvalue weighted by atomic mass is 16.6. The quantitative estimate of drug-likeness (QED) is 0.433. The van der Waals surface area contributed by atoms with Crippen LogP contribution in [0.3, 0.4) is 0 Å². The van der Waals surface area contributed by atoms with E-state index >= 15 is 0 Å². The van der Waals surface area contributed by atoms with Crippen molar-refractivity contribution in [2.45, 2.75) is 65.3 Å². The SMILES string of the molecule is C=C1C(OC(C)=O)CCC(C)=C[C@H]2OC(=O)[C@@H](C)[C@@H]2CC1OC(C)=O. The fraction of sp³-hybridized carbons (Fsp3) is 0.632. The van der Waals surface area contributed by atoms with Crippen LogP contribution in [-0.2, 0) is 28.6 Å². The molecular formula is C19H26O6. The molecule has 0 aromatic carbocycles. The Hall–Kier alpha value is -2.11. The maximum atomic E-state index is 12.0. The fourth-order valence-corrected chi connectivity index (χ4v) is 3.46. The van der Waals surface area contributed by atoms with Crippen LogP contribution in [0.25, 0.3) is 0 Å². The molecule has 1 aliphatic carbocycles. The summed E-state index contributed by atoms with van der Waals surface area (Å²) >= 11 is 0. The van der Waals surface area contributed by atoms with E-state index in [4.69, 9.17) is 14.2 Å². The molecule has 5 atom stereocenters. The molecular weight excluding hydrogens is 324 g/mol.